The van der Waals surface area contributed by atoms with Crippen LogP contribution in [0.4, 0.5) is 10.6 Å². The molecular weight excluding hydrogens is 519 g/mol. The molecule has 1 amide bonds. The van der Waals surface area contributed by atoms with Gasteiger partial charge in [0.25, 0.3) is 0 Å². The number of anilines is 1. The van der Waals surface area contributed by atoms with Crippen LogP contribution in [0.3, 0.4) is 0 Å². The fraction of sp³-hybridized carbons (Fsp3) is 0.808. The van der Waals surface area contributed by atoms with Gasteiger partial charge in [-0.1, -0.05) is 0 Å². The van der Waals surface area contributed by atoms with Crippen LogP contribution in [-0.4, -0.2) is 64.1 Å². The van der Waals surface area contributed by atoms with Gasteiger partial charge in [-0.3, -0.25) is 0 Å². The van der Waals surface area contributed by atoms with Gasteiger partial charge in [0.15, 0.2) is 0 Å². The van der Waals surface area contributed by atoms with Gasteiger partial charge >= 0.3 is 207 Å². The summed E-state index contributed by atoms with van der Waals surface area (Å²) >= 11 is -2.61. The van der Waals surface area contributed by atoms with Crippen molar-refractivity contribution in [2.24, 2.45) is 0 Å². The summed E-state index contributed by atoms with van der Waals surface area (Å²) in [6.07, 6.45) is 13.5. The Morgan fingerprint density at radius 2 is 1.70 bits per heavy atom. The monoisotopic (exact) mass is 568 g/mol. The van der Waals surface area contributed by atoms with Crippen molar-refractivity contribution in [3.05, 3.63) is 12.4 Å². The van der Waals surface area contributed by atoms with Gasteiger partial charge in [-0.15, -0.1) is 0 Å². The summed E-state index contributed by atoms with van der Waals surface area (Å²) in [4.78, 5) is 24.3. The van der Waals surface area contributed by atoms with Gasteiger partial charge in [-0.05, 0) is 0 Å². The second-order valence-corrected chi connectivity index (χ2v) is 23.8. The Labute approximate surface area is 206 Å². The van der Waals surface area contributed by atoms with Crippen molar-refractivity contribution in [3.63, 3.8) is 0 Å². The van der Waals surface area contributed by atoms with Crippen molar-refractivity contribution < 1.29 is 9.53 Å². The molecule has 1 saturated heterocycles. The molecule has 0 radical (unpaired) electrons. The molecule has 7 heteroatoms. The number of carbonyl (C=O) groups is 1. The zero-order valence-corrected chi connectivity index (χ0v) is 24.9. The van der Waals surface area contributed by atoms with E-state index in [0.29, 0.717) is 6.54 Å². The Hall–Kier alpha value is -1.05. The number of rotatable bonds is 12. The minimum atomic E-state index is -2.61. The minimum absolute atomic E-state index is 0.183. The van der Waals surface area contributed by atoms with Gasteiger partial charge in [0.2, 0.25) is 0 Å². The van der Waals surface area contributed by atoms with Crippen LogP contribution >= 0.6 is 0 Å². The molecule has 1 aromatic rings. The SMILES string of the molecule is CCC[CH2][Sn]([CH2]CCC)([CH2]CCC)[c]1cncc(NC2CCCN(C(=O)OC(C)(C)C)C2)n1. The number of hydrogen-bond acceptors (Lipinski definition) is 5. The number of nitrogens with zero attached hydrogens (tertiary/aromatic N) is 3. The van der Waals surface area contributed by atoms with E-state index >= 15 is 0 Å². The van der Waals surface area contributed by atoms with E-state index in [1.54, 1.807) is 0 Å². The second-order valence-electron chi connectivity index (χ2n) is 10.8. The Morgan fingerprint density at radius 1 is 1.09 bits per heavy atom. The van der Waals surface area contributed by atoms with E-state index in [2.05, 4.69) is 37.3 Å². The van der Waals surface area contributed by atoms with Crippen molar-refractivity contribution in [1.82, 2.24) is 14.9 Å². The number of likely N-dealkylation sites (tertiary alicyclic amines) is 1. The van der Waals surface area contributed by atoms with Crippen molar-refractivity contribution in [2.45, 2.75) is 118 Å². The average Bonchev–Trinajstić information content (AvgIpc) is 2.78. The molecule has 1 aliphatic rings. The van der Waals surface area contributed by atoms with Crippen LogP contribution in [0.5, 0.6) is 0 Å². The summed E-state index contributed by atoms with van der Waals surface area (Å²) in [5, 5.41) is 3.62. The number of nitrogens with one attached hydrogen (secondary N) is 1. The Kier molecular flexibility index (Phi) is 11.7. The Balaban J connectivity index is 2.17. The van der Waals surface area contributed by atoms with E-state index in [0.717, 1.165) is 25.2 Å². The van der Waals surface area contributed by atoms with Crippen LogP contribution < -0.4 is 9.03 Å². The van der Waals surface area contributed by atoms with Gasteiger partial charge in [0.1, 0.15) is 0 Å². The van der Waals surface area contributed by atoms with Gasteiger partial charge in [0.05, 0.1) is 0 Å². The molecule has 0 aliphatic carbocycles. The number of amides is 1. The summed E-state index contributed by atoms with van der Waals surface area (Å²) in [6.45, 7) is 14.1. The normalized spacial score (nSPS) is 17.2. The molecule has 1 atom stereocenters. The third kappa shape index (κ3) is 9.25. The first-order chi connectivity index (χ1) is 15.7. The molecule has 0 bridgehead atoms. The number of carbonyl (C=O) groups excluding carboxylic acids is 1. The number of ether oxygens (including phenoxy) is 1. The van der Waals surface area contributed by atoms with E-state index in [-0.39, 0.29) is 12.1 Å². The molecule has 0 aromatic carbocycles. The van der Waals surface area contributed by atoms with Crippen molar-refractivity contribution in [1.29, 1.82) is 0 Å². The van der Waals surface area contributed by atoms with Crippen LogP contribution in [0, 0.1) is 0 Å². The van der Waals surface area contributed by atoms with Gasteiger partial charge in [-0.2, -0.15) is 0 Å². The standard InChI is InChI=1S/C14H21N4O2.3C4H9.Sn/c1-14(2,3)20-13(19)18-8-4-5-11(10-18)17-12-9-15-6-7-16-12;3*1-3-4-2;/h6,9,11H,4-5,8,10H2,1-3H3,(H,16,17);3*1,3-4H2,2H3;. The zero-order valence-electron chi connectivity index (χ0n) is 22.1. The van der Waals surface area contributed by atoms with Gasteiger partial charge < -0.3 is 0 Å². The molecule has 1 N–H and O–H groups in total. The summed E-state index contributed by atoms with van der Waals surface area (Å²) in [5.74, 6) is 0.883. The molecule has 1 aromatic heterocycles. The molecule has 0 saturated carbocycles. The molecule has 1 unspecified atom stereocenters. The number of aromatic nitrogens is 2. The molecule has 33 heavy (non-hydrogen) atoms. The van der Waals surface area contributed by atoms with Crippen molar-refractivity contribution in [2.75, 3.05) is 18.4 Å². The van der Waals surface area contributed by atoms with Crippen LogP contribution in [0.15, 0.2) is 12.4 Å². The van der Waals surface area contributed by atoms with E-state index in [1.165, 1.54) is 55.5 Å². The molecule has 2 rings (SSSR count). The summed E-state index contributed by atoms with van der Waals surface area (Å²) in [5.41, 5.74) is -0.469. The average molecular weight is 567 g/mol. The van der Waals surface area contributed by atoms with Gasteiger partial charge in [0, 0.05) is 0 Å². The maximum atomic E-state index is 12.6. The Bertz CT molecular complexity index is 701. The first-order valence-electron chi connectivity index (χ1n) is 13.3. The first kappa shape index (κ1) is 28.2. The van der Waals surface area contributed by atoms with E-state index in [4.69, 9.17) is 9.72 Å². The number of unbranched alkanes of at least 4 members (excludes halogenated alkanes) is 3. The molecule has 2 heterocycles. The van der Waals surface area contributed by atoms with Gasteiger partial charge in [-0.25, -0.2) is 0 Å². The van der Waals surface area contributed by atoms with Crippen LogP contribution in [0.25, 0.3) is 0 Å². The molecule has 6 nitrogen and oxygen atoms in total. The molecule has 1 aliphatic heterocycles. The summed E-state index contributed by atoms with van der Waals surface area (Å²) < 4.78 is 11.1. The summed E-state index contributed by atoms with van der Waals surface area (Å²) in [6, 6.07) is 0.183. The zero-order chi connectivity index (χ0) is 24.3. The third-order valence-electron chi connectivity index (χ3n) is 6.63. The quantitative estimate of drug-likeness (QED) is 0.299. The summed E-state index contributed by atoms with van der Waals surface area (Å²) in [7, 11) is 0. The third-order valence-corrected chi connectivity index (χ3v) is 21.6. The number of piperidine rings is 1. The molecule has 1 fully saturated rings. The molecule has 0 spiro atoms. The molecule has 188 valence electrons. The Morgan fingerprint density at radius 3 is 2.24 bits per heavy atom. The maximum absolute atomic E-state index is 12.6. The van der Waals surface area contributed by atoms with Crippen LogP contribution in [0.1, 0.15) is 92.9 Å². The predicted molar refractivity (Wildman–Crippen MR) is 141 cm³/mol. The van der Waals surface area contributed by atoms with E-state index < -0.39 is 24.0 Å². The van der Waals surface area contributed by atoms with Crippen LogP contribution in [-0.2, 0) is 4.74 Å². The predicted octanol–water partition coefficient (Wildman–Crippen LogP) is 6.34. The fourth-order valence-corrected chi connectivity index (χ4v) is 20.0. The van der Waals surface area contributed by atoms with Crippen LogP contribution in [0.2, 0.25) is 13.3 Å². The van der Waals surface area contributed by atoms with Crippen molar-refractivity contribution in [3.8, 4) is 0 Å². The van der Waals surface area contributed by atoms with E-state index in [1.807, 2.05) is 31.9 Å². The second kappa shape index (κ2) is 13.7. The number of hydrogen-bond donors (Lipinski definition) is 1. The van der Waals surface area contributed by atoms with Crippen molar-refractivity contribution >= 4 is 34.0 Å². The first-order valence-corrected chi connectivity index (χ1v) is 20.8. The fourth-order valence-electron chi connectivity index (χ4n) is 4.79. The van der Waals surface area contributed by atoms with E-state index in [9.17, 15) is 4.79 Å². The molecular formula is C26H48N4O2Sn. The topological polar surface area (TPSA) is 67.4 Å².